The summed E-state index contributed by atoms with van der Waals surface area (Å²) in [7, 11) is 3.02. The van der Waals surface area contributed by atoms with Gasteiger partial charge >= 0.3 is 0 Å². The van der Waals surface area contributed by atoms with Gasteiger partial charge in [-0.25, -0.2) is 0 Å². The average Bonchev–Trinajstić information content (AvgIpc) is 2.42. The smallest absolute Gasteiger partial charge is 0.255 e. The molecule has 0 heterocycles. The van der Waals surface area contributed by atoms with Crippen LogP contribution in [-0.2, 0) is 0 Å². The Balaban J connectivity index is 3.10. The molecule has 5 nitrogen and oxygen atoms in total. The third kappa shape index (κ3) is 3.86. The van der Waals surface area contributed by atoms with Crippen molar-refractivity contribution < 1.29 is 19.4 Å². The molecule has 1 aromatic carbocycles. The summed E-state index contributed by atoms with van der Waals surface area (Å²) >= 11 is 3.35. The zero-order valence-corrected chi connectivity index (χ0v) is 13.7. The molecule has 1 rings (SSSR count). The number of rotatable bonds is 6. The first kappa shape index (κ1) is 16.8. The van der Waals surface area contributed by atoms with E-state index in [2.05, 4.69) is 21.2 Å². The highest BCUT2D eigenvalue weighted by Crippen LogP contribution is 2.33. The summed E-state index contributed by atoms with van der Waals surface area (Å²) < 4.78 is 11.0. The van der Waals surface area contributed by atoms with Crippen LogP contribution in [-0.4, -0.2) is 37.9 Å². The van der Waals surface area contributed by atoms with Crippen LogP contribution in [0.2, 0.25) is 0 Å². The minimum Gasteiger partial charge on any atom is -0.497 e. The lowest BCUT2D eigenvalue weighted by Crippen LogP contribution is -2.41. The topological polar surface area (TPSA) is 67.8 Å². The van der Waals surface area contributed by atoms with Gasteiger partial charge in [0.2, 0.25) is 0 Å². The van der Waals surface area contributed by atoms with Crippen molar-refractivity contribution in [2.45, 2.75) is 19.9 Å². The number of amides is 1. The van der Waals surface area contributed by atoms with Gasteiger partial charge in [0.05, 0.1) is 36.9 Å². The second-order valence-corrected chi connectivity index (χ2v) is 5.55. The van der Waals surface area contributed by atoms with Gasteiger partial charge in [-0.3, -0.25) is 4.79 Å². The molecular weight excluding hydrogens is 326 g/mol. The van der Waals surface area contributed by atoms with E-state index in [9.17, 15) is 9.90 Å². The summed E-state index contributed by atoms with van der Waals surface area (Å²) in [4.78, 5) is 12.3. The van der Waals surface area contributed by atoms with E-state index in [1.807, 2.05) is 13.8 Å². The predicted molar refractivity (Wildman–Crippen MR) is 80.4 cm³/mol. The number of carbonyl (C=O) groups excluding carboxylic acids is 1. The fraction of sp³-hybridized carbons (Fsp3) is 0.500. The molecule has 20 heavy (non-hydrogen) atoms. The Hall–Kier alpha value is -1.27. The Kier molecular flexibility index (Phi) is 6.29. The second-order valence-electron chi connectivity index (χ2n) is 4.70. The molecule has 0 saturated carbocycles. The number of aliphatic hydroxyl groups excluding tert-OH is 1. The number of carbonyl (C=O) groups is 1. The minimum absolute atomic E-state index is 0.114. The van der Waals surface area contributed by atoms with E-state index >= 15 is 0 Å². The number of nitrogens with one attached hydrogen (secondary N) is 1. The first-order chi connectivity index (χ1) is 9.44. The average molecular weight is 346 g/mol. The molecule has 2 N–H and O–H groups in total. The molecule has 0 saturated heterocycles. The highest BCUT2D eigenvalue weighted by molar-refractivity contribution is 9.10. The summed E-state index contributed by atoms with van der Waals surface area (Å²) in [5.41, 5.74) is 0.359. The molecule has 0 aliphatic carbocycles. The van der Waals surface area contributed by atoms with Crippen LogP contribution in [0.15, 0.2) is 16.6 Å². The van der Waals surface area contributed by atoms with Crippen LogP contribution in [0.1, 0.15) is 24.2 Å². The van der Waals surface area contributed by atoms with Crippen LogP contribution in [0.25, 0.3) is 0 Å². The lowest BCUT2D eigenvalue weighted by atomic mass is 10.0. The highest BCUT2D eigenvalue weighted by Gasteiger charge is 2.21. The summed E-state index contributed by atoms with van der Waals surface area (Å²) in [6.07, 6.45) is 0. The molecule has 112 valence electrons. The summed E-state index contributed by atoms with van der Waals surface area (Å²) in [5.74, 6) is 0.801. The van der Waals surface area contributed by atoms with Crippen LogP contribution in [0.5, 0.6) is 11.5 Å². The van der Waals surface area contributed by atoms with Gasteiger partial charge < -0.3 is 19.9 Å². The largest absolute Gasteiger partial charge is 0.497 e. The molecule has 0 spiro atoms. The van der Waals surface area contributed by atoms with Gasteiger partial charge in [0.25, 0.3) is 5.91 Å². The van der Waals surface area contributed by atoms with Gasteiger partial charge in [0, 0.05) is 0 Å². The van der Waals surface area contributed by atoms with Crippen molar-refractivity contribution in [1.82, 2.24) is 5.32 Å². The van der Waals surface area contributed by atoms with Crippen molar-refractivity contribution in [2.24, 2.45) is 5.92 Å². The van der Waals surface area contributed by atoms with Gasteiger partial charge in [-0.05, 0) is 34.0 Å². The van der Waals surface area contributed by atoms with Crippen LogP contribution >= 0.6 is 15.9 Å². The number of benzene rings is 1. The lowest BCUT2D eigenvalue weighted by Gasteiger charge is -2.21. The molecule has 0 aromatic heterocycles. The van der Waals surface area contributed by atoms with Crippen molar-refractivity contribution in [3.63, 3.8) is 0 Å². The van der Waals surface area contributed by atoms with Crippen molar-refractivity contribution in [1.29, 1.82) is 0 Å². The molecule has 0 bridgehead atoms. The SMILES string of the molecule is COc1cc(Br)c(OC)c(C(=O)NC(CO)C(C)C)c1. The van der Waals surface area contributed by atoms with Gasteiger partial charge in [0.1, 0.15) is 11.5 Å². The van der Waals surface area contributed by atoms with Gasteiger partial charge in [-0.15, -0.1) is 0 Å². The Morgan fingerprint density at radius 2 is 2.00 bits per heavy atom. The maximum atomic E-state index is 12.3. The van der Waals surface area contributed by atoms with Crippen LogP contribution in [0.4, 0.5) is 0 Å². The third-order valence-electron chi connectivity index (χ3n) is 3.02. The molecular formula is C14H20BrNO4. The van der Waals surface area contributed by atoms with Gasteiger partial charge in [-0.1, -0.05) is 13.8 Å². The molecule has 0 aliphatic heterocycles. The third-order valence-corrected chi connectivity index (χ3v) is 3.61. The van der Waals surface area contributed by atoms with Gasteiger partial charge in [0.15, 0.2) is 0 Å². The molecule has 1 aromatic rings. The highest BCUT2D eigenvalue weighted by atomic mass is 79.9. The monoisotopic (exact) mass is 345 g/mol. The quantitative estimate of drug-likeness (QED) is 0.829. The van der Waals surface area contributed by atoms with Crippen molar-refractivity contribution in [3.8, 4) is 11.5 Å². The molecule has 1 amide bonds. The Morgan fingerprint density at radius 1 is 1.35 bits per heavy atom. The summed E-state index contributed by atoms with van der Waals surface area (Å²) in [6.45, 7) is 3.75. The number of halogens is 1. The van der Waals surface area contributed by atoms with Crippen LogP contribution < -0.4 is 14.8 Å². The maximum Gasteiger partial charge on any atom is 0.255 e. The Labute approximate surface area is 127 Å². The predicted octanol–water partition coefficient (Wildman–Crippen LogP) is 2.21. The zero-order valence-electron chi connectivity index (χ0n) is 12.1. The van der Waals surface area contributed by atoms with E-state index in [0.717, 1.165) is 0 Å². The lowest BCUT2D eigenvalue weighted by molar-refractivity contribution is 0.0893. The standard InChI is InChI=1S/C14H20BrNO4/c1-8(2)12(7-17)16-14(18)10-5-9(19-3)6-11(15)13(10)20-4/h5-6,8,12,17H,7H2,1-4H3,(H,16,18). The number of hydrogen-bond acceptors (Lipinski definition) is 4. The summed E-state index contributed by atoms with van der Waals surface area (Å²) in [5, 5.41) is 12.1. The number of aliphatic hydroxyl groups is 1. The first-order valence-electron chi connectivity index (χ1n) is 6.27. The molecule has 1 unspecified atom stereocenters. The second kappa shape index (κ2) is 7.50. The van der Waals surface area contributed by atoms with Crippen LogP contribution in [0, 0.1) is 5.92 Å². The maximum absolute atomic E-state index is 12.3. The van der Waals surface area contributed by atoms with E-state index in [0.29, 0.717) is 21.5 Å². The number of hydrogen-bond donors (Lipinski definition) is 2. The number of methoxy groups -OCH3 is 2. The number of ether oxygens (including phenoxy) is 2. The van der Waals surface area contributed by atoms with E-state index in [-0.39, 0.29) is 24.5 Å². The minimum atomic E-state index is -0.311. The van der Waals surface area contributed by atoms with Crippen LogP contribution in [0.3, 0.4) is 0 Å². The normalized spacial score (nSPS) is 12.2. The summed E-state index contributed by atoms with van der Waals surface area (Å²) in [6, 6.07) is 3.02. The molecule has 0 fully saturated rings. The van der Waals surface area contributed by atoms with Crippen molar-refractivity contribution in [2.75, 3.05) is 20.8 Å². The van der Waals surface area contributed by atoms with E-state index < -0.39 is 0 Å². The fourth-order valence-corrected chi connectivity index (χ4v) is 2.33. The van der Waals surface area contributed by atoms with Crippen molar-refractivity contribution >= 4 is 21.8 Å². The first-order valence-corrected chi connectivity index (χ1v) is 7.07. The van der Waals surface area contributed by atoms with Crippen molar-refractivity contribution in [3.05, 3.63) is 22.2 Å². The molecule has 0 radical (unpaired) electrons. The fourth-order valence-electron chi connectivity index (χ4n) is 1.73. The molecule has 6 heteroatoms. The molecule has 1 atom stereocenters. The Bertz CT molecular complexity index is 476. The Morgan fingerprint density at radius 3 is 2.45 bits per heavy atom. The van der Waals surface area contributed by atoms with E-state index in [1.54, 1.807) is 12.1 Å². The zero-order chi connectivity index (χ0) is 15.3. The van der Waals surface area contributed by atoms with E-state index in [4.69, 9.17) is 9.47 Å². The van der Waals surface area contributed by atoms with E-state index in [1.165, 1.54) is 14.2 Å². The van der Waals surface area contributed by atoms with Gasteiger partial charge in [-0.2, -0.15) is 0 Å². The molecule has 0 aliphatic rings.